The minimum atomic E-state index is -0.107. The minimum absolute atomic E-state index is 0.0611. The molecule has 4 rings (SSSR count). The molecule has 0 N–H and O–H groups in total. The molecule has 2 saturated heterocycles. The van der Waals surface area contributed by atoms with Crippen molar-refractivity contribution in [1.29, 1.82) is 0 Å². The summed E-state index contributed by atoms with van der Waals surface area (Å²) in [6, 6.07) is 17.3. The predicted octanol–water partition coefficient (Wildman–Crippen LogP) is 3.70. The molecule has 170 valence electrons. The van der Waals surface area contributed by atoms with Gasteiger partial charge in [0.2, 0.25) is 11.8 Å². The Balaban J connectivity index is 1.23. The number of anilines is 1. The third kappa shape index (κ3) is 5.74. The summed E-state index contributed by atoms with van der Waals surface area (Å²) >= 11 is 5.99. The minimum Gasteiger partial charge on any atom is -0.493 e. The molecule has 2 amide bonds. The van der Waals surface area contributed by atoms with E-state index < -0.39 is 0 Å². The van der Waals surface area contributed by atoms with Gasteiger partial charge in [0, 0.05) is 50.0 Å². The fourth-order valence-electron chi connectivity index (χ4n) is 4.43. The molecule has 0 bridgehead atoms. The SMILES string of the molecule is O=C(CCOc1ccccc1)N1CCCC(C(=O)N2CCN(c3ccc(Cl)cc3)CC2)C1. The number of piperazine rings is 1. The van der Waals surface area contributed by atoms with Gasteiger partial charge >= 0.3 is 0 Å². The van der Waals surface area contributed by atoms with Crippen LogP contribution in [0.3, 0.4) is 0 Å². The second kappa shape index (κ2) is 10.7. The molecule has 2 fully saturated rings. The summed E-state index contributed by atoms with van der Waals surface area (Å²) in [6.07, 6.45) is 2.04. The number of likely N-dealkylation sites (tertiary alicyclic amines) is 1. The van der Waals surface area contributed by atoms with Crippen molar-refractivity contribution in [3.05, 3.63) is 59.6 Å². The highest BCUT2D eigenvalue weighted by Gasteiger charge is 2.32. The van der Waals surface area contributed by atoms with Crippen molar-refractivity contribution >= 4 is 29.1 Å². The lowest BCUT2D eigenvalue weighted by Gasteiger charge is -2.39. The van der Waals surface area contributed by atoms with E-state index in [0.717, 1.165) is 48.9 Å². The number of hydrogen-bond donors (Lipinski definition) is 0. The zero-order chi connectivity index (χ0) is 22.3. The van der Waals surface area contributed by atoms with Gasteiger partial charge in [-0.25, -0.2) is 0 Å². The van der Waals surface area contributed by atoms with E-state index in [0.29, 0.717) is 32.7 Å². The summed E-state index contributed by atoms with van der Waals surface area (Å²) in [5.41, 5.74) is 1.13. The summed E-state index contributed by atoms with van der Waals surface area (Å²) in [6.45, 7) is 4.61. The molecule has 2 aliphatic heterocycles. The number of benzene rings is 2. The van der Waals surface area contributed by atoms with E-state index in [1.165, 1.54) is 0 Å². The Kier molecular flexibility index (Phi) is 7.53. The Labute approximate surface area is 194 Å². The van der Waals surface area contributed by atoms with E-state index in [2.05, 4.69) is 4.90 Å². The van der Waals surface area contributed by atoms with Gasteiger partial charge in [0.1, 0.15) is 5.75 Å². The zero-order valence-electron chi connectivity index (χ0n) is 18.3. The maximum atomic E-state index is 13.1. The molecular weight excluding hydrogens is 426 g/mol. The average molecular weight is 456 g/mol. The predicted molar refractivity (Wildman–Crippen MR) is 126 cm³/mol. The van der Waals surface area contributed by atoms with Crippen molar-refractivity contribution < 1.29 is 14.3 Å². The molecule has 1 atom stereocenters. The molecule has 0 spiro atoms. The summed E-state index contributed by atoms with van der Waals surface area (Å²) in [7, 11) is 0. The Morgan fingerprint density at radius 3 is 2.34 bits per heavy atom. The van der Waals surface area contributed by atoms with E-state index in [1.54, 1.807) is 0 Å². The number of amides is 2. The number of nitrogens with zero attached hydrogens (tertiary/aromatic N) is 3. The van der Waals surface area contributed by atoms with Crippen LogP contribution in [0.25, 0.3) is 0 Å². The Hall–Kier alpha value is -2.73. The molecular formula is C25H30ClN3O3. The number of ether oxygens (including phenoxy) is 1. The lowest BCUT2D eigenvalue weighted by atomic mass is 9.96. The Bertz CT molecular complexity index is 898. The number of para-hydroxylation sites is 1. The van der Waals surface area contributed by atoms with Crippen LogP contribution in [0.15, 0.2) is 54.6 Å². The molecule has 7 heteroatoms. The van der Waals surface area contributed by atoms with Gasteiger partial charge in [-0.1, -0.05) is 29.8 Å². The molecule has 32 heavy (non-hydrogen) atoms. The highest BCUT2D eigenvalue weighted by atomic mass is 35.5. The van der Waals surface area contributed by atoms with Crippen LogP contribution in [0.5, 0.6) is 5.75 Å². The molecule has 0 saturated carbocycles. The van der Waals surface area contributed by atoms with Crippen LogP contribution in [-0.4, -0.2) is 67.5 Å². The van der Waals surface area contributed by atoms with Crippen molar-refractivity contribution in [3.8, 4) is 5.75 Å². The average Bonchev–Trinajstić information content (AvgIpc) is 2.85. The second-order valence-corrected chi connectivity index (χ2v) is 8.82. The molecule has 2 aromatic carbocycles. The molecule has 2 aromatic rings. The number of piperidine rings is 1. The highest BCUT2D eigenvalue weighted by Crippen LogP contribution is 2.23. The maximum Gasteiger partial charge on any atom is 0.227 e. The van der Waals surface area contributed by atoms with Crippen LogP contribution in [-0.2, 0) is 9.59 Å². The lowest BCUT2D eigenvalue weighted by molar-refractivity contribution is -0.141. The van der Waals surface area contributed by atoms with Gasteiger partial charge in [0.25, 0.3) is 0 Å². The fourth-order valence-corrected chi connectivity index (χ4v) is 4.56. The van der Waals surface area contributed by atoms with Gasteiger partial charge in [0.05, 0.1) is 18.9 Å². The van der Waals surface area contributed by atoms with Gasteiger partial charge in [0.15, 0.2) is 0 Å². The Morgan fingerprint density at radius 1 is 0.906 bits per heavy atom. The van der Waals surface area contributed by atoms with Gasteiger partial charge in [-0.05, 0) is 49.2 Å². The molecule has 2 heterocycles. The van der Waals surface area contributed by atoms with Gasteiger partial charge in [-0.15, -0.1) is 0 Å². The van der Waals surface area contributed by atoms with E-state index in [1.807, 2.05) is 64.4 Å². The number of halogens is 1. The van der Waals surface area contributed by atoms with E-state index in [4.69, 9.17) is 16.3 Å². The van der Waals surface area contributed by atoms with Crippen LogP contribution < -0.4 is 9.64 Å². The summed E-state index contributed by atoms with van der Waals surface area (Å²) in [5, 5.41) is 0.727. The first-order chi connectivity index (χ1) is 15.6. The van der Waals surface area contributed by atoms with Gasteiger partial charge in [-0.2, -0.15) is 0 Å². The van der Waals surface area contributed by atoms with Crippen molar-refractivity contribution in [3.63, 3.8) is 0 Å². The number of carbonyl (C=O) groups is 2. The van der Waals surface area contributed by atoms with Crippen LogP contribution in [0, 0.1) is 5.92 Å². The largest absolute Gasteiger partial charge is 0.493 e. The van der Waals surface area contributed by atoms with E-state index in [9.17, 15) is 9.59 Å². The first kappa shape index (κ1) is 22.5. The van der Waals surface area contributed by atoms with E-state index in [-0.39, 0.29) is 17.7 Å². The zero-order valence-corrected chi connectivity index (χ0v) is 19.0. The first-order valence-corrected chi connectivity index (χ1v) is 11.7. The smallest absolute Gasteiger partial charge is 0.227 e. The third-order valence-corrected chi connectivity index (χ3v) is 6.49. The summed E-state index contributed by atoms with van der Waals surface area (Å²) < 4.78 is 5.66. The number of rotatable bonds is 6. The number of hydrogen-bond acceptors (Lipinski definition) is 4. The van der Waals surface area contributed by atoms with Crippen LogP contribution in [0.1, 0.15) is 19.3 Å². The monoisotopic (exact) mass is 455 g/mol. The maximum absolute atomic E-state index is 13.1. The van der Waals surface area contributed by atoms with Crippen LogP contribution in [0.2, 0.25) is 5.02 Å². The van der Waals surface area contributed by atoms with Crippen molar-refractivity contribution in [2.24, 2.45) is 5.92 Å². The second-order valence-electron chi connectivity index (χ2n) is 8.38. The molecule has 1 unspecified atom stereocenters. The van der Waals surface area contributed by atoms with Crippen molar-refractivity contribution in [2.75, 3.05) is 50.8 Å². The molecule has 0 radical (unpaired) electrons. The summed E-state index contributed by atoms with van der Waals surface area (Å²) in [5.74, 6) is 0.902. The number of carbonyl (C=O) groups excluding carboxylic acids is 2. The summed E-state index contributed by atoms with van der Waals surface area (Å²) in [4.78, 5) is 31.9. The fraction of sp³-hybridized carbons (Fsp3) is 0.440. The Morgan fingerprint density at radius 2 is 1.62 bits per heavy atom. The van der Waals surface area contributed by atoms with Crippen LogP contribution >= 0.6 is 11.6 Å². The molecule has 2 aliphatic rings. The highest BCUT2D eigenvalue weighted by molar-refractivity contribution is 6.30. The normalized spacial score (nSPS) is 19.0. The molecule has 0 aromatic heterocycles. The topological polar surface area (TPSA) is 53.1 Å². The van der Waals surface area contributed by atoms with Crippen molar-refractivity contribution in [2.45, 2.75) is 19.3 Å². The van der Waals surface area contributed by atoms with E-state index >= 15 is 0 Å². The van der Waals surface area contributed by atoms with Gasteiger partial charge < -0.3 is 19.4 Å². The standard InChI is InChI=1S/C25H30ClN3O3/c26-21-8-10-22(11-9-21)27-14-16-28(17-15-27)25(31)20-5-4-13-29(19-20)24(30)12-18-32-23-6-2-1-3-7-23/h1-3,6-11,20H,4-5,12-19H2. The van der Waals surface area contributed by atoms with Crippen molar-refractivity contribution in [1.82, 2.24) is 9.80 Å². The van der Waals surface area contributed by atoms with Gasteiger partial charge in [-0.3, -0.25) is 9.59 Å². The van der Waals surface area contributed by atoms with Crippen LogP contribution in [0.4, 0.5) is 5.69 Å². The lowest BCUT2D eigenvalue weighted by Crippen LogP contribution is -2.53. The molecule has 0 aliphatic carbocycles. The third-order valence-electron chi connectivity index (χ3n) is 6.23. The quantitative estimate of drug-likeness (QED) is 0.666. The first-order valence-electron chi connectivity index (χ1n) is 11.3. The molecule has 6 nitrogen and oxygen atoms in total.